The summed E-state index contributed by atoms with van der Waals surface area (Å²) in [6.45, 7) is 2.06. The standard InChI is InChI=1S/C13H11BrN2O2S/c1-7-12(14)19-13(15-7)8-3-4-10-9(5-8)16(2)11(17)6-18-10/h3-5H,6H2,1-2H3. The molecule has 1 amide bonds. The summed E-state index contributed by atoms with van der Waals surface area (Å²) < 4.78 is 6.44. The molecule has 3 rings (SSSR count). The summed E-state index contributed by atoms with van der Waals surface area (Å²) in [7, 11) is 1.76. The number of aromatic nitrogens is 1. The minimum atomic E-state index is -0.0406. The molecule has 4 nitrogen and oxygen atoms in total. The van der Waals surface area contributed by atoms with Crippen LogP contribution in [0, 0.1) is 6.92 Å². The number of fused-ring (bicyclic) bond motifs is 1. The second-order valence-corrected chi connectivity index (χ2v) is 6.62. The van der Waals surface area contributed by atoms with E-state index in [-0.39, 0.29) is 12.5 Å². The zero-order valence-corrected chi connectivity index (χ0v) is 12.8. The third-order valence-electron chi connectivity index (χ3n) is 3.03. The molecule has 0 N–H and O–H groups in total. The number of benzene rings is 1. The Balaban J connectivity index is 2.08. The van der Waals surface area contributed by atoms with Crippen molar-refractivity contribution in [3.05, 3.63) is 27.7 Å². The number of amides is 1. The molecule has 0 spiro atoms. The predicted molar refractivity (Wildman–Crippen MR) is 78.9 cm³/mol. The third-order valence-corrected chi connectivity index (χ3v) is 5.09. The lowest BCUT2D eigenvalue weighted by Crippen LogP contribution is -2.35. The fourth-order valence-electron chi connectivity index (χ4n) is 1.91. The van der Waals surface area contributed by atoms with Gasteiger partial charge in [-0.15, -0.1) is 11.3 Å². The number of nitrogens with zero attached hydrogens (tertiary/aromatic N) is 2. The average molecular weight is 339 g/mol. The van der Waals surface area contributed by atoms with E-state index in [9.17, 15) is 4.79 Å². The van der Waals surface area contributed by atoms with Gasteiger partial charge in [-0.1, -0.05) is 0 Å². The molecular formula is C13H11BrN2O2S. The van der Waals surface area contributed by atoms with Gasteiger partial charge in [0.1, 0.15) is 10.8 Å². The molecule has 1 aliphatic heterocycles. The van der Waals surface area contributed by atoms with E-state index in [0.29, 0.717) is 0 Å². The van der Waals surface area contributed by atoms with Gasteiger partial charge in [0.05, 0.1) is 15.2 Å². The van der Waals surface area contributed by atoms with Crippen LogP contribution in [0.15, 0.2) is 22.0 Å². The Bertz CT molecular complexity index is 649. The number of rotatable bonds is 1. The highest BCUT2D eigenvalue weighted by atomic mass is 79.9. The molecule has 6 heteroatoms. The number of ether oxygens (including phenoxy) is 1. The van der Waals surface area contributed by atoms with E-state index < -0.39 is 0 Å². The van der Waals surface area contributed by atoms with Crippen molar-refractivity contribution in [2.24, 2.45) is 0 Å². The third kappa shape index (κ3) is 2.15. The molecule has 1 aromatic heterocycles. The summed E-state index contributed by atoms with van der Waals surface area (Å²) >= 11 is 5.06. The Morgan fingerprint density at radius 2 is 2.26 bits per heavy atom. The fraction of sp³-hybridized carbons (Fsp3) is 0.231. The van der Waals surface area contributed by atoms with Gasteiger partial charge in [0.2, 0.25) is 0 Å². The Kier molecular flexibility index (Phi) is 3.06. The Morgan fingerprint density at radius 1 is 1.47 bits per heavy atom. The smallest absolute Gasteiger partial charge is 0.264 e. The molecule has 2 heterocycles. The van der Waals surface area contributed by atoms with Crippen molar-refractivity contribution in [2.45, 2.75) is 6.92 Å². The molecule has 0 saturated heterocycles. The maximum Gasteiger partial charge on any atom is 0.264 e. The van der Waals surface area contributed by atoms with Crippen LogP contribution in [0.5, 0.6) is 5.75 Å². The molecule has 0 unspecified atom stereocenters. The van der Waals surface area contributed by atoms with Crippen LogP contribution in [0.1, 0.15) is 5.69 Å². The predicted octanol–water partition coefficient (Wildman–Crippen LogP) is 3.24. The van der Waals surface area contributed by atoms with Crippen molar-refractivity contribution in [3.8, 4) is 16.3 Å². The SMILES string of the molecule is Cc1nc(-c2ccc3c(c2)N(C)C(=O)CO3)sc1Br. The molecule has 98 valence electrons. The van der Waals surface area contributed by atoms with Gasteiger partial charge < -0.3 is 9.64 Å². The van der Waals surface area contributed by atoms with Gasteiger partial charge in [0.15, 0.2) is 6.61 Å². The summed E-state index contributed by atoms with van der Waals surface area (Å²) in [5.74, 6) is 0.694. The highest BCUT2D eigenvalue weighted by molar-refractivity contribution is 9.11. The number of carbonyl (C=O) groups is 1. The first-order chi connectivity index (χ1) is 9.06. The zero-order chi connectivity index (χ0) is 13.6. The van der Waals surface area contributed by atoms with Gasteiger partial charge in [0.25, 0.3) is 5.91 Å². The van der Waals surface area contributed by atoms with Crippen LogP contribution in [0.2, 0.25) is 0 Å². The van der Waals surface area contributed by atoms with Gasteiger partial charge in [-0.3, -0.25) is 4.79 Å². The molecule has 2 aromatic rings. The zero-order valence-electron chi connectivity index (χ0n) is 10.4. The van der Waals surface area contributed by atoms with E-state index in [1.54, 1.807) is 23.3 Å². The highest BCUT2D eigenvalue weighted by Crippen LogP contribution is 2.38. The second kappa shape index (κ2) is 4.61. The first-order valence-corrected chi connectivity index (χ1v) is 7.34. The Labute approximate surface area is 123 Å². The van der Waals surface area contributed by atoms with Crippen molar-refractivity contribution >= 4 is 38.9 Å². The molecular weight excluding hydrogens is 328 g/mol. The van der Waals surface area contributed by atoms with Crippen molar-refractivity contribution in [3.63, 3.8) is 0 Å². The quantitative estimate of drug-likeness (QED) is 0.801. The lowest BCUT2D eigenvalue weighted by atomic mass is 10.1. The minimum Gasteiger partial charge on any atom is -0.482 e. The minimum absolute atomic E-state index is 0.0406. The maximum absolute atomic E-state index is 11.6. The molecule has 1 aromatic carbocycles. The van der Waals surface area contributed by atoms with Gasteiger partial charge in [-0.2, -0.15) is 0 Å². The molecule has 0 fully saturated rings. The number of likely N-dealkylation sites (N-methyl/N-ethyl adjacent to an activating group) is 1. The number of hydrogen-bond donors (Lipinski definition) is 0. The van der Waals surface area contributed by atoms with E-state index in [2.05, 4.69) is 20.9 Å². The second-order valence-electron chi connectivity index (χ2n) is 4.30. The molecule has 1 aliphatic rings. The first kappa shape index (κ1) is 12.6. The van der Waals surface area contributed by atoms with Crippen LogP contribution in [0.4, 0.5) is 5.69 Å². The van der Waals surface area contributed by atoms with Crippen LogP contribution < -0.4 is 9.64 Å². The summed E-state index contributed by atoms with van der Waals surface area (Å²) in [6, 6.07) is 5.79. The van der Waals surface area contributed by atoms with Gasteiger partial charge in [-0.05, 0) is 41.1 Å². The van der Waals surface area contributed by atoms with Crippen LogP contribution in [0.25, 0.3) is 10.6 Å². The number of halogens is 1. The summed E-state index contributed by atoms with van der Waals surface area (Å²) in [6.07, 6.45) is 0. The van der Waals surface area contributed by atoms with E-state index >= 15 is 0 Å². The maximum atomic E-state index is 11.6. The topological polar surface area (TPSA) is 42.4 Å². The monoisotopic (exact) mass is 338 g/mol. The van der Waals surface area contributed by atoms with Crippen molar-refractivity contribution in [1.29, 1.82) is 0 Å². The van der Waals surface area contributed by atoms with Crippen LogP contribution in [-0.4, -0.2) is 24.5 Å². The largest absolute Gasteiger partial charge is 0.482 e. The summed E-state index contributed by atoms with van der Waals surface area (Å²) in [5.41, 5.74) is 2.75. The van der Waals surface area contributed by atoms with Crippen LogP contribution in [-0.2, 0) is 4.79 Å². The summed E-state index contributed by atoms with van der Waals surface area (Å²) in [5, 5.41) is 0.929. The van der Waals surface area contributed by atoms with Crippen LogP contribution in [0.3, 0.4) is 0 Å². The van der Waals surface area contributed by atoms with Crippen molar-refractivity contribution < 1.29 is 9.53 Å². The number of aryl methyl sites for hydroxylation is 1. The highest BCUT2D eigenvalue weighted by Gasteiger charge is 2.23. The lowest BCUT2D eigenvalue weighted by molar-refractivity contribution is -0.120. The molecule has 0 radical (unpaired) electrons. The van der Waals surface area contributed by atoms with Gasteiger partial charge >= 0.3 is 0 Å². The molecule has 0 atom stereocenters. The molecule has 0 aliphatic carbocycles. The van der Waals surface area contributed by atoms with Crippen LogP contribution >= 0.6 is 27.3 Å². The van der Waals surface area contributed by atoms with Crippen molar-refractivity contribution in [1.82, 2.24) is 4.98 Å². The molecule has 0 bridgehead atoms. The normalized spacial score (nSPS) is 14.3. The lowest BCUT2D eigenvalue weighted by Gasteiger charge is -2.26. The molecule has 19 heavy (non-hydrogen) atoms. The van der Waals surface area contributed by atoms with Gasteiger partial charge in [0, 0.05) is 12.6 Å². The average Bonchev–Trinajstić information content (AvgIpc) is 2.74. The van der Waals surface area contributed by atoms with Gasteiger partial charge in [-0.25, -0.2) is 4.98 Å². The Morgan fingerprint density at radius 3 is 2.95 bits per heavy atom. The summed E-state index contributed by atoms with van der Waals surface area (Å²) in [4.78, 5) is 17.8. The molecule has 0 saturated carbocycles. The fourth-order valence-corrected chi connectivity index (χ4v) is 3.25. The van der Waals surface area contributed by atoms with E-state index in [4.69, 9.17) is 4.74 Å². The van der Waals surface area contributed by atoms with E-state index in [0.717, 1.165) is 31.5 Å². The number of hydrogen-bond acceptors (Lipinski definition) is 4. The first-order valence-electron chi connectivity index (χ1n) is 5.73. The van der Waals surface area contributed by atoms with Crippen molar-refractivity contribution in [2.75, 3.05) is 18.6 Å². The number of carbonyl (C=O) groups excluding carboxylic acids is 1. The van der Waals surface area contributed by atoms with E-state index in [1.807, 2.05) is 25.1 Å². The number of thiazole rings is 1. The van der Waals surface area contributed by atoms with E-state index in [1.165, 1.54) is 0 Å². The Hall–Kier alpha value is -1.40. The number of anilines is 1.